The molecule has 4 aromatic carbocycles. The van der Waals surface area contributed by atoms with E-state index in [1.807, 2.05) is 66.7 Å². The Labute approximate surface area is 248 Å². The number of ether oxygens (including phenoxy) is 4. The first-order chi connectivity index (χ1) is 21.0. The van der Waals surface area contributed by atoms with Crippen LogP contribution in [0.4, 0.5) is 4.79 Å². The lowest BCUT2D eigenvalue weighted by atomic mass is 10.0. The van der Waals surface area contributed by atoms with Crippen LogP contribution < -0.4 is 19.5 Å². The second kappa shape index (κ2) is 12.3. The highest BCUT2D eigenvalue weighted by Gasteiger charge is 2.34. The first kappa shape index (κ1) is 27.8. The zero-order valence-electron chi connectivity index (χ0n) is 23.9. The van der Waals surface area contributed by atoms with Gasteiger partial charge in [0.1, 0.15) is 18.1 Å². The van der Waals surface area contributed by atoms with Crippen molar-refractivity contribution in [1.82, 2.24) is 15.2 Å². The fourth-order valence-electron chi connectivity index (χ4n) is 4.91. The van der Waals surface area contributed by atoms with Gasteiger partial charge in [-0.2, -0.15) is 0 Å². The Morgan fingerprint density at radius 1 is 0.907 bits per heavy atom. The number of hydrogen-bond donors (Lipinski definition) is 1. The van der Waals surface area contributed by atoms with Crippen molar-refractivity contribution in [2.75, 3.05) is 20.9 Å². The average Bonchev–Trinajstić information content (AvgIpc) is 3.89. The summed E-state index contributed by atoms with van der Waals surface area (Å²) < 4.78 is 23.6. The van der Waals surface area contributed by atoms with Crippen molar-refractivity contribution in [3.63, 3.8) is 0 Å². The Morgan fingerprint density at radius 3 is 2.51 bits per heavy atom. The van der Waals surface area contributed by atoms with Gasteiger partial charge in [-0.05, 0) is 65.6 Å². The number of fused-ring (bicyclic) bond motifs is 2. The first-order valence-corrected chi connectivity index (χ1v) is 14.0. The summed E-state index contributed by atoms with van der Waals surface area (Å²) in [5.41, 5.74) is 2.16. The van der Waals surface area contributed by atoms with Crippen molar-refractivity contribution in [1.29, 1.82) is 0 Å². The summed E-state index contributed by atoms with van der Waals surface area (Å²) in [6.07, 6.45) is 3.06. The van der Waals surface area contributed by atoms with Gasteiger partial charge >= 0.3 is 6.09 Å². The molecule has 9 heteroatoms. The summed E-state index contributed by atoms with van der Waals surface area (Å²) in [5.74, 6) is 1.98. The van der Waals surface area contributed by atoms with E-state index in [1.165, 1.54) is 0 Å². The van der Waals surface area contributed by atoms with Gasteiger partial charge in [0.05, 0.1) is 12.6 Å². The van der Waals surface area contributed by atoms with Crippen LogP contribution in [0.15, 0.2) is 91.1 Å². The molecule has 1 N–H and O–H groups in total. The summed E-state index contributed by atoms with van der Waals surface area (Å²) in [6, 6.07) is 26.2. The number of amides is 2. The van der Waals surface area contributed by atoms with E-state index >= 15 is 0 Å². The van der Waals surface area contributed by atoms with Crippen molar-refractivity contribution < 1.29 is 28.5 Å². The minimum atomic E-state index is -0.419. The molecule has 218 valence electrons. The van der Waals surface area contributed by atoms with E-state index in [0.717, 1.165) is 34.6 Å². The van der Waals surface area contributed by atoms with Gasteiger partial charge < -0.3 is 24.3 Å². The number of methoxy groups -OCH3 is 1. The van der Waals surface area contributed by atoms with Crippen LogP contribution in [0.3, 0.4) is 0 Å². The smallest absolute Gasteiger partial charge is 0.413 e. The second-order valence-electron chi connectivity index (χ2n) is 10.2. The van der Waals surface area contributed by atoms with Crippen LogP contribution in [-0.4, -0.2) is 48.8 Å². The number of rotatable bonds is 10. The summed E-state index contributed by atoms with van der Waals surface area (Å²) in [4.78, 5) is 31.3. The number of carbonyl (C=O) groups is 2. The molecule has 1 aromatic heterocycles. The molecular formula is C34H31N3O6. The molecule has 1 heterocycles. The minimum Gasteiger partial charge on any atom is -0.493 e. The van der Waals surface area contributed by atoms with Gasteiger partial charge in [0, 0.05) is 36.3 Å². The summed E-state index contributed by atoms with van der Waals surface area (Å²) >= 11 is 0. The quantitative estimate of drug-likeness (QED) is 0.185. The Hall–Kier alpha value is -5.31. The molecule has 1 aliphatic rings. The largest absolute Gasteiger partial charge is 0.493 e. The molecule has 0 spiro atoms. The lowest BCUT2D eigenvalue weighted by Crippen LogP contribution is -2.36. The Bertz CT molecular complexity index is 1790. The second-order valence-corrected chi connectivity index (χ2v) is 10.2. The molecule has 2 amide bonds. The van der Waals surface area contributed by atoms with Crippen molar-refractivity contribution >= 4 is 33.7 Å². The fraction of sp³-hybridized carbons (Fsp3) is 0.206. The number of nitrogens with one attached hydrogen (secondary N) is 1. The van der Waals surface area contributed by atoms with E-state index in [-0.39, 0.29) is 25.3 Å². The third-order valence-electron chi connectivity index (χ3n) is 7.32. The molecule has 0 saturated heterocycles. The van der Waals surface area contributed by atoms with Crippen molar-refractivity contribution in [2.45, 2.75) is 25.5 Å². The number of aromatic nitrogens is 1. The van der Waals surface area contributed by atoms with Crippen LogP contribution in [0.2, 0.25) is 0 Å². The maximum Gasteiger partial charge on any atom is 0.413 e. The Morgan fingerprint density at radius 2 is 1.74 bits per heavy atom. The van der Waals surface area contributed by atoms with E-state index in [1.54, 1.807) is 43.5 Å². The maximum atomic E-state index is 12.9. The third-order valence-corrected chi connectivity index (χ3v) is 7.32. The molecule has 0 atom stereocenters. The van der Waals surface area contributed by atoms with Crippen LogP contribution in [0.5, 0.6) is 23.0 Å². The van der Waals surface area contributed by atoms with Gasteiger partial charge in [0.25, 0.3) is 5.91 Å². The highest BCUT2D eigenvalue weighted by Crippen LogP contribution is 2.38. The molecular weight excluding hydrogens is 546 g/mol. The van der Waals surface area contributed by atoms with Crippen LogP contribution >= 0.6 is 0 Å². The van der Waals surface area contributed by atoms with Crippen molar-refractivity contribution in [3.8, 4) is 23.0 Å². The van der Waals surface area contributed by atoms with E-state index in [0.29, 0.717) is 34.1 Å². The van der Waals surface area contributed by atoms with E-state index in [2.05, 4.69) is 10.3 Å². The summed E-state index contributed by atoms with van der Waals surface area (Å²) in [6.45, 7) is 0.215. The summed E-state index contributed by atoms with van der Waals surface area (Å²) in [5, 5.41) is 5.13. The highest BCUT2D eigenvalue weighted by molar-refractivity contribution is 6.07. The molecule has 0 radical (unpaired) electrons. The highest BCUT2D eigenvalue weighted by atomic mass is 16.6. The monoisotopic (exact) mass is 577 g/mol. The lowest BCUT2D eigenvalue weighted by Gasteiger charge is -2.23. The molecule has 1 fully saturated rings. The van der Waals surface area contributed by atoms with E-state index in [4.69, 9.17) is 18.9 Å². The van der Waals surface area contributed by atoms with Crippen molar-refractivity contribution in [3.05, 3.63) is 102 Å². The minimum absolute atomic E-state index is 0.0193. The van der Waals surface area contributed by atoms with E-state index < -0.39 is 6.09 Å². The molecule has 9 nitrogen and oxygen atoms in total. The predicted octanol–water partition coefficient (Wildman–Crippen LogP) is 6.69. The van der Waals surface area contributed by atoms with E-state index in [9.17, 15) is 9.59 Å². The number of hydrogen-bond acceptors (Lipinski definition) is 7. The van der Waals surface area contributed by atoms with Gasteiger partial charge in [-0.15, -0.1) is 0 Å². The Balaban J connectivity index is 1.20. The van der Waals surface area contributed by atoms with Crippen LogP contribution in [0, 0.1) is 0 Å². The molecule has 1 saturated carbocycles. The van der Waals surface area contributed by atoms with Crippen LogP contribution in [-0.2, 0) is 11.3 Å². The normalized spacial score (nSPS) is 12.5. The molecule has 0 unspecified atom stereocenters. The SMILES string of the molecule is CNC(=O)c1cccc2cc(Oc3ccnc4cc(OCN(C(=O)OCc5ccccc5)C5CC5)c(OC)cc34)ccc12. The first-order valence-electron chi connectivity index (χ1n) is 14.0. The number of pyridine rings is 1. The fourth-order valence-corrected chi connectivity index (χ4v) is 4.91. The molecule has 5 aromatic rings. The number of benzene rings is 4. The zero-order valence-corrected chi connectivity index (χ0v) is 23.9. The molecule has 0 bridgehead atoms. The van der Waals surface area contributed by atoms with Gasteiger partial charge in [-0.3, -0.25) is 14.7 Å². The molecule has 1 aliphatic carbocycles. The van der Waals surface area contributed by atoms with Gasteiger partial charge in [-0.1, -0.05) is 42.5 Å². The predicted molar refractivity (Wildman–Crippen MR) is 163 cm³/mol. The van der Waals surface area contributed by atoms with Gasteiger partial charge in [0.2, 0.25) is 0 Å². The number of carbonyl (C=O) groups excluding carboxylic acids is 2. The topological polar surface area (TPSA) is 99.2 Å². The van der Waals surface area contributed by atoms with Crippen molar-refractivity contribution in [2.24, 2.45) is 0 Å². The Kier molecular flexibility index (Phi) is 7.95. The number of nitrogens with zero attached hydrogens (tertiary/aromatic N) is 2. The maximum absolute atomic E-state index is 12.9. The van der Waals surface area contributed by atoms with Crippen LogP contribution in [0.1, 0.15) is 28.8 Å². The molecule has 43 heavy (non-hydrogen) atoms. The lowest BCUT2D eigenvalue weighted by molar-refractivity contribution is 0.0606. The van der Waals surface area contributed by atoms with Crippen LogP contribution in [0.25, 0.3) is 21.7 Å². The zero-order chi connectivity index (χ0) is 29.8. The molecule has 6 rings (SSSR count). The van der Waals surface area contributed by atoms with Gasteiger partial charge in [-0.25, -0.2) is 4.79 Å². The third kappa shape index (κ3) is 6.16. The average molecular weight is 578 g/mol. The van der Waals surface area contributed by atoms with Gasteiger partial charge in [0.15, 0.2) is 18.2 Å². The molecule has 0 aliphatic heterocycles. The summed E-state index contributed by atoms with van der Waals surface area (Å²) in [7, 11) is 3.17. The standard InChI is InChI=1S/C34H31N3O6/c1-35-33(38)27-10-6-9-23-17-25(13-14-26(23)27)43-30-15-16-36-29-19-32(31(40-2)18-28(29)30)42-21-37(24-11-12-24)34(39)41-20-22-7-4-3-5-8-22/h3-10,13-19,24H,11-12,20-21H2,1-2H3,(H,35,38).